The number of benzene rings is 1. The second-order valence-electron chi connectivity index (χ2n) is 4.10. The summed E-state index contributed by atoms with van der Waals surface area (Å²) in [7, 11) is -3.24. The largest absolute Gasteiger partial charge is 0.361 e. The Hall–Kier alpha value is -1.89. The van der Waals surface area contributed by atoms with Crippen LogP contribution < -0.4 is 0 Å². The molecule has 7 heteroatoms. The zero-order valence-electron chi connectivity index (χ0n) is 9.71. The van der Waals surface area contributed by atoms with Crippen molar-refractivity contribution in [3.05, 3.63) is 40.1 Å². The number of nitro groups is 1. The smallest absolute Gasteiger partial charge is 0.207 e. The van der Waals surface area contributed by atoms with E-state index in [2.05, 4.69) is 4.98 Å². The molecule has 96 valence electrons. The van der Waals surface area contributed by atoms with Crippen molar-refractivity contribution in [1.29, 1.82) is 0 Å². The number of nitrogens with one attached hydrogen (secondary N) is 1. The van der Waals surface area contributed by atoms with E-state index in [-0.39, 0.29) is 16.4 Å². The number of hydrogen-bond acceptors (Lipinski definition) is 4. The Labute approximate surface area is 104 Å². The number of fused-ring (bicyclic) bond motifs is 1. The summed E-state index contributed by atoms with van der Waals surface area (Å²) < 4.78 is 22.8. The first kappa shape index (κ1) is 12.6. The predicted octanol–water partition coefficient (Wildman–Crippen LogP) is 1.39. The molecular formula is C11H12N2O4S. The quantitative estimate of drug-likeness (QED) is 0.669. The molecule has 0 unspecified atom stereocenters. The Kier molecular flexibility index (Phi) is 3.08. The summed E-state index contributed by atoms with van der Waals surface area (Å²) in [6.45, 7) is -0.138. The molecule has 0 atom stereocenters. The SMILES string of the molecule is CS(=O)(=O)c1ccc2c(CC[N+](=O)[O-])c[nH]c2c1. The van der Waals surface area contributed by atoms with Crippen molar-refractivity contribution in [3.63, 3.8) is 0 Å². The van der Waals surface area contributed by atoms with E-state index >= 15 is 0 Å². The molecule has 6 nitrogen and oxygen atoms in total. The summed E-state index contributed by atoms with van der Waals surface area (Å²) in [6, 6.07) is 4.74. The van der Waals surface area contributed by atoms with Crippen LogP contribution in [0.2, 0.25) is 0 Å². The maximum atomic E-state index is 11.4. The van der Waals surface area contributed by atoms with E-state index in [0.29, 0.717) is 11.9 Å². The molecule has 0 aliphatic rings. The summed E-state index contributed by atoms with van der Waals surface area (Å²) in [4.78, 5) is 13.1. The minimum Gasteiger partial charge on any atom is -0.361 e. The number of rotatable bonds is 4. The van der Waals surface area contributed by atoms with Gasteiger partial charge in [0, 0.05) is 34.7 Å². The van der Waals surface area contributed by atoms with Crippen molar-refractivity contribution in [2.75, 3.05) is 12.8 Å². The first-order chi connectivity index (χ1) is 8.38. The van der Waals surface area contributed by atoms with E-state index in [1.165, 1.54) is 6.07 Å². The molecule has 18 heavy (non-hydrogen) atoms. The molecule has 1 aromatic heterocycles. The van der Waals surface area contributed by atoms with Crippen LogP contribution in [0.1, 0.15) is 5.56 Å². The van der Waals surface area contributed by atoms with E-state index < -0.39 is 9.84 Å². The Balaban J connectivity index is 2.41. The molecule has 0 saturated carbocycles. The Morgan fingerprint density at radius 3 is 2.72 bits per heavy atom. The summed E-state index contributed by atoms with van der Waals surface area (Å²) in [5.41, 5.74) is 1.50. The second kappa shape index (κ2) is 4.41. The van der Waals surface area contributed by atoms with Crippen LogP contribution in [0.3, 0.4) is 0 Å². The maximum Gasteiger partial charge on any atom is 0.207 e. The molecule has 0 bridgehead atoms. The zero-order chi connectivity index (χ0) is 13.3. The molecule has 1 N–H and O–H groups in total. The van der Waals surface area contributed by atoms with Gasteiger partial charge in [-0.3, -0.25) is 10.1 Å². The highest BCUT2D eigenvalue weighted by Gasteiger charge is 2.11. The Morgan fingerprint density at radius 2 is 2.11 bits per heavy atom. The highest BCUT2D eigenvalue weighted by atomic mass is 32.2. The highest BCUT2D eigenvalue weighted by Crippen LogP contribution is 2.22. The molecule has 0 fully saturated rings. The van der Waals surface area contributed by atoms with Gasteiger partial charge in [0.05, 0.1) is 4.90 Å². The molecule has 0 radical (unpaired) electrons. The van der Waals surface area contributed by atoms with Gasteiger partial charge in [-0.25, -0.2) is 8.42 Å². The van der Waals surface area contributed by atoms with Gasteiger partial charge in [0.25, 0.3) is 0 Å². The number of aromatic nitrogens is 1. The van der Waals surface area contributed by atoms with Crippen molar-refractivity contribution in [3.8, 4) is 0 Å². The lowest BCUT2D eigenvalue weighted by Crippen LogP contribution is -2.03. The average Bonchev–Trinajstić information content (AvgIpc) is 2.67. The highest BCUT2D eigenvalue weighted by molar-refractivity contribution is 7.90. The van der Waals surface area contributed by atoms with Crippen LogP contribution in [-0.2, 0) is 16.3 Å². The van der Waals surface area contributed by atoms with Gasteiger partial charge < -0.3 is 4.98 Å². The molecule has 1 aromatic carbocycles. The third kappa shape index (κ3) is 2.51. The van der Waals surface area contributed by atoms with Crippen molar-refractivity contribution in [2.45, 2.75) is 11.3 Å². The second-order valence-corrected chi connectivity index (χ2v) is 6.12. The molecule has 0 amide bonds. The van der Waals surface area contributed by atoms with Crippen molar-refractivity contribution < 1.29 is 13.3 Å². The van der Waals surface area contributed by atoms with Crippen molar-refractivity contribution in [2.24, 2.45) is 0 Å². The van der Waals surface area contributed by atoms with Gasteiger partial charge in [0.1, 0.15) is 0 Å². The fourth-order valence-electron chi connectivity index (χ4n) is 1.81. The van der Waals surface area contributed by atoms with Gasteiger partial charge in [-0.15, -0.1) is 0 Å². The number of H-pyrrole nitrogens is 1. The molecule has 0 spiro atoms. The predicted molar refractivity (Wildman–Crippen MR) is 67.0 cm³/mol. The van der Waals surface area contributed by atoms with Crippen LogP contribution in [0.4, 0.5) is 0 Å². The molecular weight excluding hydrogens is 256 g/mol. The monoisotopic (exact) mass is 268 g/mol. The first-order valence-corrected chi connectivity index (χ1v) is 7.19. The summed E-state index contributed by atoms with van der Waals surface area (Å²) >= 11 is 0. The molecule has 2 aromatic rings. The van der Waals surface area contributed by atoms with Gasteiger partial charge in [0.2, 0.25) is 6.54 Å². The summed E-state index contributed by atoms with van der Waals surface area (Å²) in [5.74, 6) is 0. The molecule has 0 aliphatic carbocycles. The number of sulfone groups is 1. The lowest BCUT2D eigenvalue weighted by molar-refractivity contribution is -0.479. The van der Waals surface area contributed by atoms with Crippen LogP contribution in [0.5, 0.6) is 0 Å². The van der Waals surface area contributed by atoms with Crippen LogP contribution >= 0.6 is 0 Å². The van der Waals surface area contributed by atoms with E-state index in [0.717, 1.165) is 17.2 Å². The number of nitrogens with zero attached hydrogens (tertiary/aromatic N) is 1. The lowest BCUT2D eigenvalue weighted by Gasteiger charge is -1.99. The van der Waals surface area contributed by atoms with Gasteiger partial charge in [-0.1, -0.05) is 6.07 Å². The van der Waals surface area contributed by atoms with E-state index in [9.17, 15) is 18.5 Å². The Morgan fingerprint density at radius 1 is 1.39 bits per heavy atom. The van der Waals surface area contributed by atoms with Crippen LogP contribution in [-0.4, -0.2) is 31.1 Å². The van der Waals surface area contributed by atoms with Crippen molar-refractivity contribution in [1.82, 2.24) is 4.98 Å². The number of hydrogen-bond donors (Lipinski definition) is 1. The number of aromatic amines is 1. The molecule has 1 heterocycles. The molecule has 0 saturated heterocycles. The third-order valence-electron chi connectivity index (χ3n) is 2.73. The lowest BCUT2D eigenvalue weighted by atomic mass is 10.1. The minimum absolute atomic E-state index is 0.138. The molecule has 2 rings (SSSR count). The summed E-state index contributed by atoms with van der Waals surface area (Å²) in [5, 5.41) is 11.2. The van der Waals surface area contributed by atoms with Gasteiger partial charge in [0.15, 0.2) is 9.84 Å². The third-order valence-corrected chi connectivity index (χ3v) is 3.84. The normalized spacial score (nSPS) is 11.8. The Bertz CT molecular complexity index is 703. The van der Waals surface area contributed by atoms with E-state index in [1.54, 1.807) is 18.3 Å². The topological polar surface area (TPSA) is 93.1 Å². The van der Waals surface area contributed by atoms with Crippen LogP contribution in [0, 0.1) is 10.1 Å². The summed E-state index contributed by atoms with van der Waals surface area (Å²) in [6.07, 6.45) is 3.15. The molecule has 0 aliphatic heterocycles. The minimum atomic E-state index is -3.24. The van der Waals surface area contributed by atoms with Gasteiger partial charge in [-0.05, 0) is 17.7 Å². The zero-order valence-corrected chi connectivity index (χ0v) is 10.5. The van der Waals surface area contributed by atoms with E-state index in [1.807, 2.05) is 0 Å². The maximum absolute atomic E-state index is 11.4. The van der Waals surface area contributed by atoms with Crippen molar-refractivity contribution >= 4 is 20.7 Å². The first-order valence-electron chi connectivity index (χ1n) is 5.30. The standard InChI is InChI=1S/C11H12N2O4S/c1-18(16,17)9-2-3-10-8(4-5-13(14)15)7-12-11(10)6-9/h2-3,6-7,12H,4-5H2,1H3. The van der Waals surface area contributed by atoms with Crippen LogP contribution in [0.25, 0.3) is 10.9 Å². The van der Waals surface area contributed by atoms with Gasteiger partial charge >= 0.3 is 0 Å². The van der Waals surface area contributed by atoms with Crippen LogP contribution in [0.15, 0.2) is 29.3 Å². The van der Waals surface area contributed by atoms with Gasteiger partial charge in [-0.2, -0.15) is 0 Å². The van der Waals surface area contributed by atoms with E-state index in [4.69, 9.17) is 0 Å². The average molecular weight is 268 g/mol. The fourth-order valence-corrected chi connectivity index (χ4v) is 2.46. The fraction of sp³-hybridized carbons (Fsp3) is 0.273.